The van der Waals surface area contributed by atoms with Gasteiger partial charge in [-0.15, -0.1) is 0 Å². The second-order valence-corrected chi connectivity index (χ2v) is 8.96. The lowest BCUT2D eigenvalue weighted by molar-refractivity contribution is 0.595. The lowest BCUT2D eigenvalue weighted by Gasteiger charge is -2.08. The molecule has 0 amide bonds. The zero-order valence-electron chi connectivity index (χ0n) is 14.0. The topological polar surface area (TPSA) is 62.8 Å². The van der Waals surface area contributed by atoms with Crippen molar-refractivity contribution in [1.29, 1.82) is 0 Å². The number of imidazole rings is 1. The molecule has 1 heterocycles. The summed E-state index contributed by atoms with van der Waals surface area (Å²) in [6.45, 7) is 0. The molecule has 0 radical (unpaired) electrons. The number of rotatable bonds is 4. The van der Waals surface area contributed by atoms with Gasteiger partial charge in [-0.1, -0.05) is 41.4 Å². The van der Waals surface area contributed by atoms with Crippen LogP contribution in [0.5, 0.6) is 0 Å². The number of sulfone groups is 1. The van der Waals surface area contributed by atoms with E-state index in [0.717, 1.165) is 11.0 Å². The van der Waals surface area contributed by atoms with E-state index in [0.29, 0.717) is 27.0 Å². The highest BCUT2D eigenvalue weighted by Gasteiger charge is 2.17. The Morgan fingerprint density at radius 2 is 1.67 bits per heavy atom. The van der Waals surface area contributed by atoms with Crippen molar-refractivity contribution >= 4 is 44.1 Å². The average molecular weight is 417 g/mol. The third-order valence-corrected chi connectivity index (χ3v) is 6.49. The summed E-state index contributed by atoms with van der Waals surface area (Å²) in [4.78, 5) is 7.99. The number of nitrogens with zero attached hydrogens (tertiary/aromatic N) is 1. The maximum absolute atomic E-state index is 12.7. The van der Waals surface area contributed by atoms with Crippen molar-refractivity contribution in [3.63, 3.8) is 0 Å². The molecule has 0 saturated carbocycles. The number of fused-ring (bicyclic) bond motifs is 1. The van der Waals surface area contributed by atoms with Crippen molar-refractivity contribution in [2.45, 2.75) is 10.6 Å². The molecule has 4 aromatic rings. The van der Waals surface area contributed by atoms with Gasteiger partial charge in [0.25, 0.3) is 0 Å². The van der Waals surface area contributed by atoms with Crippen LogP contribution in [-0.4, -0.2) is 18.4 Å². The van der Waals surface area contributed by atoms with Gasteiger partial charge in [0.05, 0.1) is 26.7 Å². The van der Waals surface area contributed by atoms with Gasteiger partial charge in [-0.05, 0) is 54.1 Å². The molecule has 7 heteroatoms. The van der Waals surface area contributed by atoms with Crippen LogP contribution in [0.1, 0.15) is 5.56 Å². The molecular weight excluding hydrogens is 403 g/mol. The van der Waals surface area contributed by atoms with Gasteiger partial charge in [0, 0.05) is 10.6 Å². The van der Waals surface area contributed by atoms with E-state index in [4.69, 9.17) is 23.2 Å². The summed E-state index contributed by atoms with van der Waals surface area (Å²) in [5.74, 6) is 0.464. The smallest absolute Gasteiger partial charge is 0.182 e. The molecule has 0 spiro atoms. The zero-order chi connectivity index (χ0) is 19.0. The molecule has 4 nitrogen and oxygen atoms in total. The minimum Gasteiger partial charge on any atom is -0.338 e. The molecule has 0 aliphatic rings. The first-order chi connectivity index (χ1) is 12.9. The SMILES string of the molecule is O=S(=O)(Cc1ccc(Cl)c(-c2nc3ccccc3[nH]2)c1)c1ccc(Cl)cc1. The van der Waals surface area contributed by atoms with E-state index in [1.165, 1.54) is 12.1 Å². The van der Waals surface area contributed by atoms with E-state index >= 15 is 0 Å². The first-order valence-corrected chi connectivity index (χ1v) is 10.5. The van der Waals surface area contributed by atoms with Crippen molar-refractivity contribution in [3.05, 3.63) is 82.3 Å². The van der Waals surface area contributed by atoms with Crippen LogP contribution in [0.4, 0.5) is 0 Å². The number of benzene rings is 3. The Labute approximate surface area is 166 Å². The monoisotopic (exact) mass is 416 g/mol. The number of nitrogens with one attached hydrogen (secondary N) is 1. The molecule has 1 aromatic heterocycles. The highest BCUT2D eigenvalue weighted by molar-refractivity contribution is 7.90. The summed E-state index contributed by atoms with van der Waals surface area (Å²) in [6.07, 6.45) is 0. The molecule has 27 heavy (non-hydrogen) atoms. The molecular formula is C20H14Cl2N2O2S. The van der Waals surface area contributed by atoms with Crippen molar-refractivity contribution in [3.8, 4) is 11.4 Å². The zero-order valence-corrected chi connectivity index (χ0v) is 16.3. The number of H-pyrrole nitrogens is 1. The van der Waals surface area contributed by atoms with Gasteiger partial charge in [0.1, 0.15) is 5.82 Å². The van der Waals surface area contributed by atoms with E-state index in [-0.39, 0.29) is 10.6 Å². The van der Waals surface area contributed by atoms with Crippen LogP contribution in [0, 0.1) is 0 Å². The lowest BCUT2D eigenvalue weighted by Crippen LogP contribution is -2.05. The van der Waals surface area contributed by atoms with Gasteiger partial charge in [0.15, 0.2) is 9.84 Å². The predicted molar refractivity (Wildman–Crippen MR) is 109 cm³/mol. The van der Waals surface area contributed by atoms with Gasteiger partial charge in [-0.2, -0.15) is 0 Å². The Kier molecular flexibility index (Phi) is 4.68. The summed E-state index contributed by atoms with van der Waals surface area (Å²) >= 11 is 12.2. The first kappa shape index (κ1) is 18.0. The van der Waals surface area contributed by atoms with Crippen LogP contribution in [0.25, 0.3) is 22.4 Å². The second-order valence-electron chi connectivity index (χ2n) is 6.13. The average Bonchev–Trinajstić information content (AvgIpc) is 3.07. The summed E-state index contributed by atoms with van der Waals surface area (Å²) in [7, 11) is -3.50. The number of hydrogen-bond acceptors (Lipinski definition) is 3. The number of aromatic amines is 1. The molecule has 0 saturated heterocycles. The molecule has 3 aromatic carbocycles. The molecule has 136 valence electrons. The standard InChI is InChI=1S/C20H14Cl2N2O2S/c21-14-6-8-15(9-7-14)27(25,26)12-13-5-10-17(22)16(11-13)20-23-18-3-1-2-4-19(18)24-20/h1-11H,12H2,(H,23,24). The van der Waals surface area contributed by atoms with E-state index in [9.17, 15) is 8.42 Å². The number of aromatic nitrogens is 2. The Bertz CT molecular complexity index is 1200. The molecule has 4 rings (SSSR count). The van der Waals surface area contributed by atoms with Gasteiger partial charge < -0.3 is 4.98 Å². The van der Waals surface area contributed by atoms with Crippen LogP contribution < -0.4 is 0 Å². The normalized spacial score (nSPS) is 11.8. The maximum atomic E-state index is 12.7. The first-order valence-electron chi connectivity index (χ1n) is 8.14. The Morgan fingerprint density at radius 1 is 0.926 bits per heavy atom. The van der Waals surface area contributed by atoms with Gasteiger partial charge in [0.2, 0.25) is 0 Å². The van der Waals surface area contributed by atoms with Crippen LogP contribution in [0.3, 0.4) is 0 Å². The fourth-order valence-corrected chi connectivity index (χ4v) is 4.54. The molecule has 1 N–H and O–H groups in total. The third kappa shape index (κ3) is 3.72. The van der Waals surface area contributed by atoms with Gasteiger partial charge in [-0.3, -0.25) is 0 Å². The van der Waals surface area contributed by atoms with E-state index in [1.54, 1.807) is 30.3 Å². The molecule has 0 bridgehead atoms. The van der Waals surface area contributed by atoms with Crippen molar-refractivity contribution in [2.75, 3.05) is 0 Å². The summed E-state index contributed by atoms with van der Waals surface area (Å²) in [5, 5.41) is 0.995. The Balaban J connectivity index is 1.71. The van der Waals surface area contributed by atoms with E-state index < -0.39 is 9.84 Å². The highest BCUT2D eigenvalue weighted by atomic mass is 35.5. The summed E-state index contributed by atoms with van der Waals surface area (Å²) in [5.41, 5.74) is 3.01. The number of hydrogen-bond donors (Lipinski definition) is 1. The summed E-state index contributed by atoms with van der Waals surface area (Å²) in [6, 6.07) is 19.0. The molecule has 0 atom stereocenters. The minimum atomic E-state index is -3.50. The van der Waals surface area contributed by atoms with E-state index in [1.807, 2.05) is 24.3 Å². The number of para-hydroxylation sites is 2. The minimum absolute atomic E-state index is 0.140. The van der Waals surface area contributed by atoms with Crippen LogP contribution >= 0.6 is 23.2 Å². The van der Waals surface area contributed by atoms with Crippen LogP contribution in [0.2, 0.25) is 10.0 Å². The van der Waals surface area contributed by atoms with Crippen molar-refractivity contribution < 1.29 is 8.42 Å². The molecule has 0 fully saturated rings. The van der Waals surface area contributed by atoms with Crippen LogP contribution in [0.15, 0.2) is 71.6 Å². The van der Waals surface area contributed by atoms with E-state index in [2.05, 4.69) is 9.97 Å². The largest absolute Gasteiger partial charge is 0.338 e. The molecule has 0 aliphatic heterocycles. The Morgan fingerprint density at radius 3 is 2.41 bits per heavy atom. The predicted octanol–water partition coefficient (Wildman–Crippen LogP) is 5.51. The van der Waals surface area contributed by atoms with Crippen molar-refractivity contribution in [2.24, 2.45) is 0 Å². The fourth-order valence-electron chi connectivity index (χ4n) is 2.87. The van der Waals surface area contributed by atoms with Crippen molar-refractivity contribution in [1.82, 2.24) is 9.97 Å². The molecule has 0 unspecified atom stereocenters. The maximum Gasteiger partial charge on any atom is 0.182 e. The quantitative estimate of drug-likeness (QED) is 0.476. The summed E-state index contributed by atoms with van der Waals surface area (Å²) < 4.78 is 25.4. The number of halogens is 2. The fraction of sp³-hybridized carbons (Fsp3) is 0.0500. The molecule has 0 aliphatic carbocycles. The lowest BCUT2D eigenvalue weighted by atomic mass is 10.1. The van der Waals surface area contributed by atoms with Gasteiger partial charge in [-0.25, -0.2) is 13.4 Å². The Hall–Kier alpha value is -2.34. The van der Waals surface area contributed by atoms with Crippen LogP contribution in [-0.2, 0) is 15.6 Å². The van der Waals surface area contributed by atoms with Gasteiger partial charge >= 0.3 is 0 Å². The second kappa shape index (κ2) is 7.00. The third-order valence-electron chi connectivity index (χ3n) is 4.20. The highest BCUT2D eigenvalue weighted by Crippen LogP contribution is 2.30.